The number of aromatic amines is 1. The Kier molecular flexibility index (Phi) is 8.05. The fourth-order valence-electron chi connectivity index (χ4n) is 3.26. The number of ether oxygens (including phenoxy) is 3. The Morgan fingerprint density at radius 1 is 1.09 bits per heavy atom. The Balaban J connectivity index is 1.83. The van der Waals surface area contributed by atoms with Crippen molar-refractivity contribution >= 4 is 40.3 Å². The number of thioether (sulfide) groups is 1. The van der Waals surface area contributed by atoms with Crippen LogP contribution in [-0.4, -0.2) is 53.5 Å². The molecule has 0 bridgehead atoms. The first-order chi connectivity index (χ1) is 16.3. The number of H-pyrrole nitrogens is 1. The highest BCUT2D eigenvalue weighted by atomic mass is 32.2. The van der Waals surface area contributed by atoms with E-state index in [4.69, 9.17) is 14.2 Å². The summed E-state index contributed by atoms with van der Waals surface area (Å²) in [6, 6.07) is 4.95. The van der Waals surface area contributed by atoms with Crippen LogP contribution in [0.5, 0.6) is 17.2 Å². The van der Waals surface area contributed by atoms with Gasteiger partial charge >= 0.3 is 0 Å². The fourth-order valence-corrected chi connectivity index (χ4v) is 4.01. The van der Waals surface area contributed by atoms with Gasteiger partial charge in [-0.1, -0.05) is 18.7 Å². The van der Waals surface area contributed by atoms with Crippen molar-refractivity contribution in [2.24, 2.45) is 0 Å². The van der Waals surface area contributed by atoms with Gasteiger partial charge in [-0.25, -0.2) is 4.98 Å². The van der Waals surface area contributed by atoms with Crippen molar-refractivity contribution < 1.29 is 23.8 Å². The number of amides is 2. The van der Waals surface area contributed by atoms with E-state index >= 15 is 0 Å². The zero-order valence-electron chi connectivity index (χ0n) is 19.6. The summed E-state index contributed by atoms with van der Waals surface area (Å²) in [6.07, 6.45) is 0.873. The first kappa shape index (κ1) is 25.0. The predicted molar refractivity (Wildman–Crippen MR) is 130 cm³/mol. The van der Waals surface area contributed by atoms with E-state index in [0.717, 1.165) is 22.1 Å². The lowest BCUT2D eigenvalue weighted by atomic mass is 10.2. The van der Waals surface area contributed by atoms with Crippen molar-refractivity contribution in [1.82, 2.24) is 14.6 Å². The molecule has 182 valence electrons. The van der Waals surface area contributed by atoms with Crippen LogP contribution in [0.25, 0.3) is 11.0 Å². The number of rotatable bonds is 10. The SMILES string of the molecule is CCCC(=O)Nn1c(SCC(=O)Nc2cc(OC)c(OC)c(OC)c2)nc2cc(C)[nH]c2c1=O. The van der Waals surface area contributed by atoms with Gasteiger partial charge in [0, 0.05) is 29.9 Å². The summed E-state index contributed by atoms with van der Waals surface area (Å²) in [5.41, 5.74) is 4.07. The summed E-state index contributed by atoms with van der Waals surface area (Å²) in [4.78, 5) is 45.2. The van der Waals surface area contributed by atoms with Gasteiger partial charge in [-0.15, -0.1) is 0 Å². The first-order valence-electron chi connectivity index (χ1n) is 10.5. The second-order valence-electron chi connectivity index (χ2n) is 7.28. The van der Waals surface area contributed by atoms with E-state index in [1.165, 1.54) is 21.3 Å². The molecule has 0 atom stereocenters. The molecule has 12 heteroatoms. The van der Waals surface area contributed by atoms with Crippen molar-refractivity contribution in [2.75, 3.05) is 37.8 Å². The van der Waals surface area contributed by atoms with Crippen LogP contribution in [0, 0.1) is 6.92 Å². The third kappa shape index (κ3) is 5.45. The van der Waals surface area contributed by atoms with Crippen LogP contribution in [0.3, 0.4) is 0 Å². The van der Waals surface area contributed by atoms with E-state index in [0.29, 0.717) is 34.9 Å². The number of nitrogens with zero attached hydrogens (tertiary/aromatic N) is 2. The Morgan fingerprint density at radius 2 is 1.76 bits per heavy atom. The third-order valence-electron chi connectivity index (χ3n) is 4.75. The fraction of sp³-hybridized carbons (Fsp3) is 0.364. The monoisotopic (exact) mass is 489 g/mol. The number of hydrogen-bond donors (Lipinski definition) is 3. The van der Waals surface area contributed by atoms with Gasteiger partial charge in [0.05, 0.1) is 32.6 Å². The minimum Gasteiger partial charge on any atom is -0.493 e. The Bertz CT molecular complexity index is 1240. The number of carbonyl (C=O) groups excluding carboxylic acids is 2. The minimum atomic E-state index is -0.449. The average Bonchev–Trinajstić information content (AvgIpc) is 3.19. The highest BCUT2D eigenvalue weighted by Crippen LogP contribution is 2.40. The van der Waals surface area contributed by atoms with Crippen molar-refractivity contribution in [3.8, 4) is 17.2 Å². The molecule has 0 aliphatic carbocycles. The molecule has 2 aromatic heterocycles. The minimum absolute atomic E-state index is 0.0678. The molecule has 2 amide bonds. The Labute approximate surface area is 200 Å². The number of aryl methyl sites for hydroxylation is 1. The number of nitrogens with one attached hydrogen (secondary N) is 3. The van der Waals surface area contributed by atoms with Crippen LogP contribution < -0.4 is 30.5 Å². The van der Waals surface area contributed by atoms with Crippen molar-refractivity contribution in [1.29, 1.82) is 0 Å². The quantitative estimate of drug-likeness (QED) is 0.292. The van der Waals surface area contributed by atoms with Gasteiger partial charge in [-0.05, 0) is 19.4 Å². The number of hydrogen-bond acceptors (Lipinski definition) is 8. The molecule has 0 saturated heterocycles. The maximum atomic E-state index is 13.0. The van der Waals surface area contributed by atoms with Gasteiger partial charge in [0.25, 0.3) is 5.56 Å². The van der Waals surface area contributed by atoms with Gasteiger partial charge < -0.3 is 24.5 Å². The normalized spacial score (nSPS) is 10.7. The topological polar surface area (TPSA) is 137 Å². The molecule has 3 aromatic rings. The highest BCUT2D eigenvalue weighted by molar-refractivity contribution is 7.99. The van der Waals surface area contributed by atoms with E-state index in [9.17, 15) is 14.4 Å². The van der Waals surface area contributed by atoms with Crippen molar-refractivity contribution in [2.45, 2.75) is 31.8 Å². The number of fused-ring (bicyclic) bond motifs is 1. The van der Waals surface area contributed by atoms with Crippen LogP contribution >= 0.6 is 11.8 Å². The van der Waals surface area contributed by atoms with Crippen LogP contribution in [0.2, 0.25) is 0 Å². The van der Waals surface area contributed by atoms with Crippen LogP contribution in [-0.2, 0) is 9.59 Å². The standard InChI is InChI=1S/C22H27N5O6S/c1-6-7-17(28)26-27-21(30)19-14(8-12(2)23-19)25-22(27)34-11-18(29)24-13-9-15(31-3)20(33-5)16(10-13)32-4/h8-10,23H,6-7,11H2,1-5H3,(H,24,29)(H,26,28). The predicted octanol–water partition coefficient (Wildman–Crippen LogP) is 2.66. The number of anilines is 1. The van der Waals surface area contributed by atoms with Gasteiger partial charge in [-0.3, -0.25) is 19.8 Å². The number of benzene rings is 1. The molecule has 0 aliphatic heterocycles. The van der Waals surface area contributed by atoms with Gasteiger partial charge in [0.2, 0.25) is 17.6 Å². The highest BCUT2D eigenvalue weighted by Gasteiger charge is 2.18. The zero-order valence-corrected chi connectivity index (χ0v) is 20.4. The van der Waals surface area contributed by atoms with E-state index in [1.807, 2.05) is 6.92 Å². The van der Waals surface area contributed by atoms with Gasteiger partial charge in [0.15, 0.2) is 16.7 Å². The molecule has 0 saturated carbocycles. The smallest absolute Gasteiger partial charge is 0.297 e. The Hall–Kier alpha value is -3.67. The maximum Gasteiger partial charge on any atom is 0.297 e. The zero-order chi connectivity index (χ0) is 24.8. The Morgan fingerprint density at radius 3 is 2.35 bits per heavy atom. The lowest BCUT2D eigenvalue weighted by Crippen LogP contribution is -2.35. The molecule has 34 heavy (non-hydrogen) atoms. The largest absolute Gasteiger partial charge is 0.493 e. The molecular formula is C22H27N5O6S. The lowest BCUT2D eigenvalue weighted by Gasteiger charge is -2.15. The summed E-state index contributed by atoms with van der Waals surface area (Å²) in [6.45, 7) is 3.67. The molecular weight excluding hydrogens is 462 g/mol. The van der Waals surface area contributed by atoms with E-state index < -0.39 is 5.56 Å². The molecule has 11 nitrogen and oxygen atoms in total. The average molecular weight is 490 g/mol. The second-order valence-corrected chi connectivity index (χ2v) is 8.23. The van der Waals surface area contributed by atoms with E-state index in [1.54, 1.807) is 25.1 Å². The van der Waals surface area contributed by atoms with E-state index in [-0.39, 0.29) is 34.7 Å². The van der Waals surface area contributed by atoms with E-state index in [2.05, 4.69) is 20.7 Å². The van der Waals surface area contributed by atoms with Crippen molar-refractivity contribution in [3.63, 3.8) is 0 Å². The summed E-state index contributed by atoms with van der Waals surface area (Å²) in [5, 5.41) is 2.96. The van der Waals surface area contributed by atoms with Crippen molar-refractivity contribution in [3.05, 3.63) is 34.2 Å². The van der Waals surface area contributed by atoms with Crippen LogP contribution in [0.1, 0.15) is 25.5 Å². The third-order valence-corrected chi connectivity index (χ3v) is 5.69. The molecule has 0 radical (unpaired) electrons. The second kappa shape index (κ2) is 11.0. The molecule has 0 spiro atoms. The number of carbonyl (C=O) groups is 2. The molecule has 3 N–H and O–H groups in total. The number of methoxy groups -OCH3 is 3. The molecule has 0 fully saturated rings. The van der Waals surface area contributed by atoms with Gasteiger partial charge in [0.1, 0.15) is 5.52 Å². The lowest BCUT2D eigenvalue weighted by molar-refractivity contribution is -0.117. The van der Waals surface area contributed by atoms with Crippen LogP contribution in [0.15, 0.2) is 28.2 Å². The summed E-state index contributed by atoms with van der Waals surface area (Å²) < 4.78 is 17.0. The summed E-state index contributed by atoms with van der Waals surface area (Å²) >= 11 is 1.02. The summed E-state index contributed by atoms with van der Waals surface area (Å²) in [7, 11) is 4.45. The molecule has 0 aliphatic rings. The molecule has 1 aromatic carbocycles. The maximum absolute atomic E-state index is 13.0. The molecule has 3 rings (SSSR count). The number of aromatic nitrogens is 3. The molecule has 0 unspecified atom stereocenters. The van der Waals surface area contributed by atoms with Gasteiger partial charge in [-0.2, -0.15) is 4.68 Å². The molecule has 2 heterocycles. The van der Waals surface area contributed by atoms with Crippen LogP contribution in [0.4, 0.5) is 5.69 Å². The summed E-state index contributed by atoms with van der Waals surface area (Å²) in [5.74, 6) is 0.452. The first-order valence-corrected chi connectivity index (χ1v) is 11.4.